The first kappa shape index (κ1) is 14.2. The molecule has 8 heteroatoms. The standard InChI is InChI=1S/C10H8F3IN2S2/c11-10(12,13)18-4-3-16-8-2-1-6(14)5-7(8)15-9(16)17/h1-2,5H,3-4H2,(H,15,17). The zero-order chi connectivity index (χ0) is 13.3. The minimum Gasteiger partial charge on any atom is -0.331 e. The number of H-pyrrole nitrogens is 1. The Hall–Kier alpha value is -0.220. The summed E-state index contributed by atoms with van der Waals surface area (Å²) in [6.07, 6.45) is 0. The van der Waals surface area contributed by atoms with Gasteiger partial charge in [0.05, 0.1) is 11.0 Å². The van der Waals surface area contributed by atoms with Crippen molar-refractivity contribution in [1.82, 2.24) is 9.55 Å². The van der Waals surface area contributed by atoms with E-state index in [0.29, 0.717) is 4.77 Å². The lowest BCUT2D eigenvalue weighted by molar-refractivity contribution is -0.0328. The Morgan fingerprint density at radius 2 is 2.11 bits per heavy atom. The zero-order valence-corrected chi connectivity index (χ0v) is 12.7. The second-order valence-corrected chi connectivity index (χ2v) is 6.33. The topological polar surface area (TPSA) is 20.7 Å². The van der Waals surface area contributed by atoms with Crippen LogP contribution in [-0.2, 0) is 6.54 Å². The number of benzene rings is 1. The monoisotopic (exact) mass is 404 g/mol. The quantitative estimate of drug-likeness (QED) is 0.598. The molecule has 0 saturated carbocycles. The third kappa shape index (κ3) is 3.41. The van der Waals surface area contributed by atoms with Gasteiger partial charge in [0.2, 0.25) is 0 Å². The Morgan fingerprint density at radius 3 is 2.78 bits per heavy atom. The van der Waals surface area contributed by atoms with Crippen molar-refractivity contribution in [3.8, 4) is 0 Å². The summed E-state index contributed by atoms with van der Waals surface area (Å²) in [4.78, 5) is 3.00. The molecule has 1 aromatic heterocycles. The summed E-state index contributed by atoms with van der Waals surface area (Å²) in [5.41, 5.74) is -2.50. The SMILES string of the molecule is FC(F)(F)SCCn1c(=S)[nH]c2cc(I)ccc21. The van der Waals surface area contributed by atoms with Crippen molar-refractivity contribution in [1.29, 1.82) is 0 Å². The van der Waals surface area contributed by atoms with E-state index in [2.05, 4.69) is 27.6 Å². The van der Waals surface area contributed by atoms with Gasteiger partial charge < -0.3 is 9.55 Å². The Morgan fingerprint density at radius 1 is 1.39 bits per heavy atom. The van der Waals surface area contributed by atoms with Crippen molar-refractivity contribution in [2.45, 2.75) is 12.1 Å². The summed E-state index contributed by atoms with van der Waals surface area (Å²) in [6, 6.07) is 5.68. The van der Waals surface area contributed by atoms with Crippen LogP contribution < -0.4 is 0 Å². The van der Waals surface area contributed by atoms with E-state index in [1.54, 1.807) is 4.57 Å². The Labute approximate surface area is 124 Å². The van der Waals surface area contributed by atoms with Gasteiger partial charge in [0.25, 0.3) is 0 Å². The van der Waals surface area contributed by atoms with Crippen LogP contribution in [0.3, 0.4) is 0 Å². The van der Waals surface area contributed by atoms with Crippen LogP contribution in [-0.4, -0.2) is 20.8 Å². The van der Waals surface area contributed by atoms with Crippen LogP contribution >= 0.6 is 46.6 Å². The smallest absolute Gasteiger partial charge is 0.331 e. The van der Waals surface area contributed by atoms with E-state index < -0.39 is 5.51 Å². The molecule has 1 N–H and O–H groups in total. The van der Waals surface area contributed by atoms with Gasteiger partial charge in [-0.15, -0.1) is 0 Å². The Bertz CT molecular complexity index is 618. The lowest BCUT2D eigenvalue weighted by atomic mass is 10.3. The van der Waals surface area contributed by atoms with Crippen LogP contribution in [0, 0.1) is 8.34 Å². The number of imidazole rings is 1. The average Bonchev–Trinajstić information content (AvgIpc) is 2.52. The number of thioether (sulfide) groups is 1. The van der Waals surface area contributed by atoms with Crippen LogP contribution in [0.25, 0.3) is 11.0 Å². The summed E-state index contributed by atoms with van der Waals surface area (Å²) in [5, 5.41) is 0. The van der Waals surface area contributed by atoms with Gasteiger partial charge in [-0.25, -0.2) is 0 Å². The number of hydrogen-bond donors (Lipinski definition) is 1. The number of aryl methyl sites for hydroxylation is 1. The van der Waals surface area contributed by atoms with Gasteiger partial charge >= 0.3 is 5.51 Å². The molecule has 0 aliphatic carbocycles. The summed E-state index contributed by atoms with van der Waals surface area (Å²) in [6.45, 7) is 0.240. The van der Waals surface area contributed by atoms with Crippen molar-refractivity contribution in [3.05, 3.63) is 26.5 Å². The molecule has 0 radical (unpaired) electrons. The molecule has 0 saturated heterocycles. The van der Waals surface area contributed by atoms with Crippen LogP contribution in [0.2, 0.25) is 0 Å². The van der Waals surface area contributed by atoms with E-state index in [0.717, 1.165) is 14.6 Å². The van der Waals surface area contributed by atoms with E-state index in [4.69, 9.17) is 12.2 Å². The second kappa shape index (κ2) is 5.41. The molecule has 2 rings (SSSR count). The Balaban J connectivity index is 2.23. The summed E-state index contributed by atoms with van der Waals surface area (Å²) >= 11 is 7.26. The molecule has 1 aromatic carbocycles. The molecule has 98 valence electrons. The summed E-state index contributed by atoms with van der Waals surface area (Å²) < 4.78 is 39.4. The molecular weight excluding hydrogens is 396 g/mol. The van der Waals surface area contributed by atoms with Crippen molar-refractivity contribution in [3.63, 3.8) is 0 Å². The molecule has 2 aromatic rings. The number of alkyl halides is 3. The van der Waals surface area contributed by atoms with Gasteiger partial charge in [-0.3, -0.25) is 0 Å². The highest BCUT2D eigenvalue weighted by Crippen LogP contribution is 2.30. The molecule has 1 heterocycles. The first-order chi connectivity index (χ1) is 8.37. The first-order valence-electron chi connectivity index (χ1n) is 4.95. The fraction of sp³-hybridized carbons (Fsp3) is 0.300. The van der Waals surface area contributed by atoms with Gasteiger partial charge in [-0.2, -0.15) is 13.2 Å². The predicted molar refractivity (Wildman–Crippen MR) is 78.4 cm³/mol. The molecule has 0 spiro atoms. The number of nitrogens with zero attached hydrogens (tertiary/aromatic N) is 1. The van der Waals surface area contributed by atoms with Crippen molar-refractivity contribution in [2.24, 2.45) is 0 Å². The highest BCUT2D eigenvalue weighted by molar-refractivity contribution is 14.1. The molecule has 0 fully saturated rings. The number of nitrogens with one attached hydrogen (secondary N) is 1. The number of aromatic nitrogens is 2. The molecule has 0 unspecified atom stereocenters. The van der Waals surface area contributed by atoms with Crippen LogP contribution in [0.4, 0.5) is 13.2 Å². The third-order valence-electron chi connectivity index (χ3n) is 2.32. The minimum atomic E-state index is -4.19. The van der Waals surface area contributed by atoms with Gasteiger partial charge in [-0.1, -0.05) is 0 Å². The van der Waals surface area contributed by atoms with E-state index >= 15 is 0 Å². The van der Waals surface area contributed by atoms with E-state index in [1.807, 2.05) is 18.2 Å². The maximum Gasteiger partial charge on any atom is 0.441 e. The highest BCUT2D eigenvalue weighted by Gasteiger charge is 2.27. The van der Waals surface area contributed by atoms with Gasteiger partial charge in [0, 0.05) is 15.9 Å². The first-order valence-corrected chi connectivity index (χ1v) is 7.43. The van der Waals surface area contributed by atoms with Crippen LogP contribution in [0.15, 0.2) is 18.2 Å². The third-order valence-corrected chi connectivity index (χ3v) is 4.02. The van der Waals surface area contributed by atoms with Crippen LogP contribution in [0.5, 0.6) is 0 Å². The van der Waals surface area contributed by atoms with Gasteiger partial charge in [-0.05, 0) is 64.8 Å². The average molecular weight is 404 g/mol. The van der Waals surface area contributed by atoms with Gasteiger partial charge in [0.15, 0.2) is 4.77 Å². The summed E-state index contributed by atoms with van der Waals surface area (Å²) in [7, 11) is 0. The van der Waals surface area contributed by atoms with E-state index in [1.165, 1.54) is 0 Å². The fourth-order valence-electron chi connectivity index (χ4n) is 1.61. The van der Waals surface area contributed by atoms with Crippen molar-refractivity contribution < 1.29 is 13.2 Å². The molecule has 0 atom stereocenters. The number of fused-ring (bicyclic) bond motifs is 1. The molecule has 0 aliphatic heterocycles. The Kier molecular flexibility index (Phi) is 4.27. The minimum absolute atomic E-state index is 0.0303. The fourth-order valence-corrected chi connectivity index (χ4v) is 2.91. The molecule has 0 bridgehead atoms. The number of aromatic amines is 1. The maximum absolute atomic E-state index is 12.1. The van der Waals surface area contributed by atoms with Crippen LogP contribution in [0.1, 0.15) is 0 Å². The second-order valence-electron chi connectivity index (χ2n) is 3.54. The molecule has 18 heavy (non-hydrogen) atoms. The van der Waals surface area contributed by atoms with E-state index in [9.17, 15) is 13.2 Å². The molecular formula is C10H8F3IN2S2. The zero-order valence-electron chi connectivity index (χ0n) is 8.92. The number of rotatable bonds is 3. The number of hydrogen-bond acceptors (Lipinski definition) is 2. The lowest BCUT2D eigenvalue weighted by Gasteiger charge is -2.07. The van der Waals surface area contributed by atoms with E-state index in [-0.39, 0.29) is 24.1 Å². The van der Waals surface area contributed by atoms with Crippen molar-refractivity contribution >= 4 is 57.6 Å². The molecule has 0 aliphatic rings. The highest BCUT2D eigenvalue weighted by atomic mass is 127. The number of halogens is 4. The predicted octanol–water partition coefficient (Wildman–Crippen LogP) is 4.56. The van der Waals surface area contributed by atoms with Crippen molar-refractivity contribution in [2.75, 3.05) is 5.75 Å². The molecule has 0 amide bonds. The van der Waals surface area contributed by atoms with Gasteiger partial charge in [0.1, 0.15) is 0 Å². The lowest BCUT2D eigenvalue weighted by Crippen LogP contribution is -2.06. The molecule has 2 nitrogen and oxygen atoms in total. The normalized spacial score (nSPS) is 12.2. The maximum atomic E-state index is 12.1. The summed E-state index contributed by atoms with van der Waals surface area (Å²) in [5.74, 6) is -0.0449. The largest absolute Gasteiger partial charge is 0.441 e.